The summed E-state index contributed by atoms with van der Waals surface area (Å²) >= 11 is 1.44. The maximum Gasteiger partial charge on any atom is 0.273 e. The van der Waals surface area contributed by atoms with E-state index in [1.54, 1.807) is 6.26 Å². The van der Waals surface area contributed by atoms with Crippen LogP contribution in [0.2, 0.25) is 0 Å². The number of hydrogen-bond donors (Lipinski definition) is 0. The van der Waals surface area contributed by atoms with E-state index in [1.165, 1.54) is 16.9 Å². The van der Waals surface area contributed by atoms with Crippen LogP contribution in [0.3, 0.4) is 0 Å². The van der Waals surface area contributed by atoms with Crippen molar-refractivity contribution < 1.29 is 9.21 Å². The smallest absolute Gasteiger partial charge is 0.273 e. The summed E-state index contributed by atoms with van der Waals surface area (Å²) in [5, 5.41) is 2.58. The van der Waals surface area contributed by atoms with Gasteiger partial charge in [-0.2, -0.15) is 0 Å². The average molecular weight is 366 g/mol. The first-order valence-electron chi connectivity index (χ1n) is 9.04. The molecular weight excluding hydrogens is 344 g/mol. The molecule has 1 aliphatic carbocycles. The highest BCUT2D eigenvalue weighted by Gasteiger charge is 2.28. The molecule has 0 spiro atoms. The van der Waals surface area contributed by atoms with Crippen LogP contribution >= 0.6 is 11.3 Å². The number of benzene rings is 1. The van der Waals surface area contributed by atoms with E-state index in [1.807, 2.05) is 29.5 Å². The first-order chi connectivity index (χ1) is 12.7. The molecule has 134 valence electrons. The van der Waals surface area contributed by atoms with Crippen LogP contribution in [0.5, 0.6) is 0 Å². The summed E-state index contributed by atoms with van der Waals surface area (Å²) in [6.07, 6.45) is 5.95. The molecule has 4 nitrogen and oxygen atoms in total. The predicted molar refractivity (Wildman–Crippen MR) is 103 cm³/mol. The molecule has 0 bridgehead atoms. The second-order valence-corrected chi connectivity index (χ2v) is 7.71. The van der Waals surface area contributed by atoms with Crippen LogP contribution in [0.1, 0.15) is 47.7 Å². The highest BCUT2D eigenvalue weighted by Crippen LogP contribution is 2.35. The van der Waals surface area contributed by atoms with Gasteiger partial charge in [0.05, 0.1) is 6.26 Å². The van der Waals surface area contributed by atoms with Gasteiger partial charge in [-0.1, -0.05) is 30.3 Å². The van der Waals surface area contributed by atoms with Gasteiger partial charge in [0, 0.05) is 18.5 Å². The Balaban J connectivity index is 1.39. The second kappa shape index (κ2) is 7.46. The van der Waals surface area contributed by atoms with E-state index in [0.717, 1.165) is 30.7 Å². The van der Waals surface area contributed by atoms with Crippen LogP contribution in [0.25, 0.3) is 10.8 Å². The molecule has 4 rings (SSSR count). The van der Waals surface area contributed by atoms with Gasteiger partial charge < -0.3 is 9.32 Å². The Hall–Kier alpha value is -2.40. The van der Waals surface area contributed by atoms with Crippen LogP contribution in [0, 0.1) is 0 Å². The number of thiazole rings is 1. The molecule has 1 amide bonds. The summed E-state index contributed by atoms with van der Waals surface area (Å²) in [7, 11) is 1.90. The number of nitrogens with zero attached hydrogens (tertiary/aromatic N) is 2. The summed E-state index contributed by atoms with van der Waals surface area (Å²) in [5.41, 5.74) is 1.93. The highest BCUT2D eigenvalue weighted by atomic mass is 32.1. The van der Waals surface area contributed by atoms with Gasteiger partial charge in [-0.3, -0.25) is 4.79 Å². The Kier molecular flexibility index (Phi) is 4.89. The predicted octanol–water partition coefficient (Wildman–Crippen LogP) is 5.20. The number of carbonyl (C=O) groups is 1. The fraction of sp³-hybridized carbons (Fsp3) is 0.333. The number of aromatic nitrogens is 1. The van der Waals surface area contributed by atoms with E-state index in [-0.39, 0.29) is 11.9 Å². The minimum Gasteiger partial charge on any atom is -0.462 e. The van der Waals surface area contributed by atoms with Crippen molar-refractivity contribution in [2.75, 3.05) is 7.05 Å². The lowest BCUT2D eigenvalue weighted by Crippen LogP contribution is -2.39. The molecule has 0 aliphatic heterocycles. The molecule has 0 N–H and O–H groups in total. The molecule has 1 saturated carbocycles. The van der Waals surface area contributed by atoms with E-state index >= 15 is 0 Å². The highest BCUT2D eigenvalue weighted by molar-refractivity contribution is 7.13. The Labute approximate surface area is 157 Å². The third-order valence-corrected chi connectivity index (χ3v) is 6.15. The molecule has 0 saturated heterocycles. The second-order valence-electron chi connectivity index (χ2n) is 6.85. The van der Waals surface area contributed by atoms with Crippen LogP contribution in [0.4, 0.5) is 0 Å². The van der Waals surface area contributed by atoms with Gasteiger partial charge in [0.1, 0.15) is 5.69 Å². The monoisotopic (exact) mass is 366 g/mol. The van der Waals surface area contributed by atoms with Crippen LogP contribution < -0.4 is 0 Å². The molecule has 26 heavy (non-hydrogen) atoms. The van der Waals surface area contributed by atoms with Gasteiger partial charge in [0.2, 0.25) is 0 Å². The normalized spacial score (nSPS) is 20.0. The van der Waals surface area contributed by atoms with Crippen molar-refractivity contribution in [1.82, 2.24) is 9.88 Å². The van der Waals surface area contributed by atoms with Gasteiger partial charge in [0.25, 0.3) is 5.91 Å². The van der Waals surface area contributed by atoms with Crippen LogP contribution in [0.15, 0.2) is 58.5 Å². The van der Waals surface area contributed by atoms with E-state index in [0.29, 0.717) is 17.4 Å². The standard InChI is InChI=1S/C21H22N2O2S/c1-23(17-11-9-16(10-12-17)15-6-3-2-4-7-15)21(24)18-14-26-20(22-18)19-8-5-13-25-19/h2-8,13-14,16-17H,9-12H2,1H3. The fourth-order valence-electron chi connectivity index (χ4n) is 3.75. The van der Waals surface area contributed by atoms with Crippen LogP contribution in [-0.4, -0.2) is 28.9 Å². The lowest BCUT2D eigenvalue weighted by Gasteiger charge is -2.34. The molecule has 1 aliphatic rings. The van der Waals surface area contributed by atoms with E-state index in [4.69, 9.17) is 4.42 Å². The van der Waals surface area contributed by atoms with Crippen molar-refractivity contribution in [3.8, 4) is 10.8 Å². The molecule has 0 radical (unpaired) electrons. The molecular formula is C21H22N2O2S. The number of hydrogen-bond acceptors (Lipinski definition) is 4. The maximum absolute atomic E-state index is 12.8. The SMILES string of the molecule is CN(C(=O)c1csc(-c2ccco2)n1)C1CCC(c2ccccc2)CC1. The first kappa shape index (κ1) is 17.0. The lowest BCUT2D eigenvalue weighted by molar-refractivity contribution is 0.0684. The maximum atomic E-state index is 12.8. The summed E-state index contributed by atoms with van der Waals surface area (Å²) in [4.78, 5) is 19.2. The van der Waals surface area contributed by atoms with Gasteiger partial charge in [-0.15, -0.1) is 11.3 Å². The molecule has 0 atom stereocenters. The largest absolute Gasteiger partial charge is 0.462 e. The number of furan rings is 1. The van der Waals surface area contributed by atoms with Gasteiger partial charge in [0.15, 0.2) is 10.8 Å². The molecule has 1 aromatic carbocycles. The van der Waals surface area contributed by atoms with E-state index in [9.17, 15) is 4.79 Å². The van der Waals surface area contributed by atoms with E-state index in [2.05, 4.69) is 35.3 Å². The zero-order valence-corrected chi connectivity index (χ0v) is 15.6. The molecule has 0 unspecified atom stereocenters. The van der Waals surface area contributed by atoms with E-state index < -0.39 is 0 Å². The molecule has 3 aromatic rings. The van der Waals surface area contributed by atoms with Crippen molar-refractivity contribution in [1.29, 1.82) is 0 Å². The Morgan fingerprint density at radius 2 is 1.88 bits per heavy atom. The zero-order valence-electron chi connectivity index (χ0n) is 14.8. The molecule has 1 fully saturated rings. The van der Waals surface area contributed by atoms with Gasteiger partial charge >= 0.3 is 0 Å². The van der Waals surface area contributed by atoms with Crippen molar-refractivity contribution in [2.45, 2.75) is 37.6 Å². The number of amides is 1. The van der Waals surface area contributed by atoms with Crippen molar-refractivity contribution in [2.24, 2.45) is 0 Å². The molecule has 2 aromatic heterocycles. The van der Waals surface area contributed by atoms with Crippen molar-refractivity contribution >= 4 is 17.2 Å². The zero-order chi connectivity index (χ0) is 17.9. The minimum atomic E-state index is 0.00205. The summed E-state index contributed by atoms with van der Waals surface area (Å²) in [6, 6.07) is 14.7. The topological polar surface area (TPSA) is 46.3 Å². The number of carbonyl (C=O) groups excluding carboxylic acids is 1. The quantitative estimate of drug-likeness (QED) is 0.637. The third-order valence-electron chi connectivity index (χ3n) is 5.29. The Bertz CT molecular complexity index is 849. The minimum absolute atomic E-state index is 0.00205. The fourth-order valence-corrected chi connectivity index (χ4v) is 4.51. The average Bonchev–Trinajstić information content (AvgIpc) is 3.39. The van der Waals surface area contributed by atoms with Gasteiger partial charge in [-0.25, -0.2) is 4.98 Å². The summed E-state index contributed by atoms with van der Waals surface area (Å²) in [6.45, 7) is 0. The van der Waals surface area contributed by atoms with Crippen molar-refractivity contribution in [3.05, 3.63) is 65.4 Å². The third kappa shape index (κ3) is 3.44. The number of rotatable bonds is 4. The summed E-state index contributed by atoms with van der Waals surface area (Å²) in [5.74, 6) is 1.32. The first-order valence-corrected chi connectivity index (χ1v) is 9.92. The van der Waals surface area contributed by atoms with Crippen LogP contribution in [-0.2, 0) is 0 Å². The Morgan fingerprint density at radius 3 is 2.58 bits per heavy atom. The van der Waals surface area contributed by atoms with Crippen molar-refractivity contribution in [3.63, 3.8) is 0 Å². The van der Waals surface area contributed by atoms with Gasteiger partial charge in [-0.05, 0) is 49.3 Å². The lowest BCUT2D eigenvalue weighted by atomic mass is 9.81. The molecule has 5 heteroatoms. The summed E-state index contributed by atoms with van der Waals surface area (Å²) < 4.78 is 5.37. The Morgan fingerprint density at radius 1 is 1.12 bits per heavy atom. The molecule has 2 heterocycles.